The first kappa shape index (κ1) is 37.8. The number of hydrogen-bond acceptors (Lipinski definition) is 5. The van der Waals surface area contributed by atoms with Crippen molar-refractivity contribution in [2.45, 2.75) is 119 Å². The molecule has 5 aliphatic rings. The molecule has 7 heteroatoms. The molecule has 0 aliphatic heterocycles. The zero-order valence-corrected chi connectivity index (χ0v) is 34.1. The van der Waals surface area contributed by atoms with Gasteiger partial charge in [0, 0.05) is 5.69 Å². The molecule has 4 saturated carbocycles. The van der Waals surface area contributed by atoms with Gasteiger partial charge in [-0.05, 0) is 140 Å². The van der Waals surface area contributed by atoms with Crippen molar-refractivity contribution in [1.82, 2.24) is 0 Å². The molecule has 52 heavy (non-hydrogen) atoms. The number of anilines is 2. The van der Waals surface area contributed by atoms with Crippen LogP contribution in [0.25, 0.3) is 0 Å². The van der Waals surface area contributed by atoms with Crippen LogP contribution in [0.5, 0.6) is 0 Å². The number of rotatable bonds is 6. The first-order chi connectivity index (χ1) is 24.5. The van der Waals surface area contributed by atoms with Crippen LogP contribution >= 0.6 is 23.2 Å². The summed E-state index contributed by atoms with van der Waals surface area (Å²) < 4.78 is 12.0. The molecule has 0 saturated heterocycles. The summed E-state index contributed by atoms with van der Waals surface area (Å²) >= 11 is 12.9. The molecule has 2 aromatic carbocycles. The fourth-order valence-corrected chi connectivity index (χ4v) is 13.6. The Kier molecular flexibility index (Phi) is 9.71. The minimum Gasteiger partial charge on any atom is -0.468 e. The number of nitrogens with one attached hydrogen (secondary N) is 1. The minimum absolute atomic E-state index is 0.0365. The molecule has 5 nitrogen and oxygen atoms in total. The van der Waals surface area contributed by atoms with E-state index in [1.807, 2.05) is 31.2 Å². The predicted molar refractivity (Wildman–Crippen MR) is 211 cm³/mol. The lowest BCUT2D eigenvalue weighted by atomic mass is 9.33. The minimum atomic E-state index is -0.953. The number of benzene rings is 2. The molecule has 282 valence electrons. The van der Waals surface area contributed by atoms with Gasteiger partial charge in [0.1, 0.15) is 11.5 Å². The number of hydrogen-bond donors (Lipinski definition) is 1. The van der Waals surface area contributed by atoms with E-state index in [1.54, 1.807) is 23.8 Å². The molecule has 11 atom stereocenters. The van der Waals surface area contributed by atoms with Crippen molar-refractivity contribution in [3.8, 4) is 0 Å². The van der Waals surface area contributed by atoms with Gasteiger partial charge in [-0.25, -0.2) is 0 Å². The molecule has 5 aliphatic carbocycles. The second kappa shape index (κ2) is 13.4. The highest BCUT2D eigenvalue weighted by Gasteiger charge is 2.70. The van der Waals surface area contributed by atoms with Crippen LogP contribution in [0, 0.1) is 56.7 Å². The van der Waals surface area contributed by atoms with Crippen molar-refractivity contribution in [2.24, 2.45) is 56.7 Å². The molecule has 0 unspecified atom stereocenters. The van der Waals surface area contributed by atoms with Crippen molar-refractivity contribution in [2.75, 3.05) is 12.4 Å². The average Bonchev–Trinajstić information content (AvgIpc) is 3.10. The number of ether oxygens (including phenoxy) is 2. The van der Waals surface area contributed by atoms with E-state index >= 15 is 0 Å². The summed E-state index contributed by atoms with van der Waals surface area (Å²) in [6.07, 6.45) is 12.0. The average molecular weight is 749 g/mol. The standard InChI is InChI=1S/C45H59Cl2NO4/c1-27-18-21-41(3)24-25-43(5)30(38(41)28(27)2)16-17-34-42(4)22-20-36(45(7,40(50)51-8)35(42)19-23-44(34,43)6)52-37(49)26-29-12-9-10-15-33(29)48-39-31(46)13-11-14-32(39)47/h9-16,27-28,34-36,38,48H,17-26H2,1-8H3/t27-,28+,34-,35-,36-,38+,41-,42-,43-,44-,45-/m1/s1. The Morgan fingerprint density at radius 3 is 2.27 bits per heavy atom. The van der Waals surface area contributed by atoms with E-state index in [9.17, 15) is 9.59 Å². The Balaban J connectivity index is 1.16. The van der Waals surface area contributed by atoms with E-state index < -0.39 is 11.5 Å². The van der Waals surface area contributed by atoms with Crippen molar-refractivity contribution >= 4 is 46.5 Å². The van der Waals surface area contributed by atoms with E-state index in [4.69, 9.17) is 32.7 Å². The van der Waals surface area contributed by atoms with Gasteiger partial charge >= 0.3 is 11.9 Å². The van der Waals surface area contributed by atoms with Gasteiger partial charge in [0.2, 0.25) is 0 Å². The van der Waals surface area contributed by atoms with E-state index in [1.165, 1.54) is 32.8 Å². The predicted octanol–water partition coefficient (Wildman–Crippen LogP) is 12.0. The van der Waals surface area contributed by atoms with E-state index in [-0.39, 0.29) is 40.5 Å². The fourth-order valence-electron chi connectivity index (χ4n) is 13.1. The lowest BCUT2D eigenvalue weighted by Gasteiger charge is -2.71. The van der Waals surface area contributed by atoms with Gasteiger partial charge in [0.05, 0.1) is 29.3 Å². The van der Waals surface area contributed by atoms with Crippen LogP contribution in [-0.2, 0) is 25.5 Å². The van der Waals surface area contributed by atoms with E-state index in [2.05, 4.69) is 52.9 Å². The van der Waals surface area contributed by atoms with Crippen molar-refractivity contribution < 1.29 is 19.1 Å². The summed E-state index contributed by atoms with van der Waals surface area (Å²) in [5.41, 5.74) is 3.45. The summed E-state index contributed by atoms with van der Waals surface area (Å²) in [6.45, 7) is 17.3. The maximum Gasteiger partial charge on any atom is 0.315 e. The largest absolute Gasteiger partial charge is 0.468 e. The van der Waals surface area contributed by atoms with Crippen LogP contribution in [0.2, 0.25) is 10.0 Å². The third-order valence-electron chi connectivity index (χ3n) is 16.5. The second-order valence-electron chi connectivity index (χ2n) is 18.6. The monoisotopic (exact) mass is 747 g/mol. The van der Waals surface area contributed by atoms with Crippen molar-refractivity contribution in [3.63, 3.8) is 0 Å². The summed E-state index contributed by atoms with van der Waals surface area (Å²) in [6, 6.07) is 13.0. The SMILES string of the molecule is COC(=O)[C@]1(C)[C@@H]2CC[C@]3(C)[C@H](CC=C4[C@@H]5[C@@H](C)[C@H](C)CC[C@]5(C)CC[C@]43C)[C@@]2(C)CC[C@H]1OC(=O)Cc1ccccc1Nc1c(Cl)cccc1Cl. The summed E-state index contributed by atoms with van der Waals surface area (Å²) in [7, 11) is 1.48. The van der Waals surface area contributed by atoms with Gasteiger partial charge in [0.25, 0.3) is 0 Å². The van der Waals surface area contributed by atoms with Gasteiger partial charge in [-0.2, -0.15) is 0 Å². The fraction of sp³-hybridized carbons (Fsp3) is 0.644. The Bertz CT molecular complexity index is 1750. The van der Waals surface area contributed by atoms with Crippen LogP contribution in [0.3, 0.4) is 0 Å². The Labute approximate surface area is 322 Å². The summed E-state index contributed by atoms with van der Waals surface area (Å²) in [5, 5.41) is 4.31. The topological polar surface area (TPSA) is 64.6 Å². The van der Waals surface area contributed by atoms with Crippen molar-refractivity contribution in [3.05, 3.63) is 69.7 Å². The maximum atomic E-state index is 14.1. The van der Waals surface area contributed by atoms with Crippen LogP contribution < -0.4 is 5.32 Å². The third-order valence-corrected chi connectivity index (χ3v) is 17.1. The van der Waals surface area contributed by atoms with Gasteiger partial charge < -0.3 is 14.8 Å². The number of allylic oxidation sites excluding steroid dienone is 2. The lowest BCUT2D eigenvalue weighted by molar-refractivity contribution is -0.224. The van der Waals surface area contributed by atoms with Crippen molar-refractivity contribution in [1.29, 1.82) is 0 Å². The molecule has 1 N–H and O–H groups in total. The van der Waals surface area contributed by atoms with E-state index in [0.29, 0.717) is 45.3 Å². The lowest BCUT2D eigenvalue weighted by Crippen LogP contribution is -2.66. The zero-order valence-electron chi connectivity index (χ0n) is 32.5. The summed E-state index contributed by atoms with van der Waals surface area (Å²) in [5.74, 6) is 1.94. The molecule has 4 fully saturated rings. The number of carbonyl (C=O) groups excluding carboxylic acids is 2. The normalized spacial score (nSPS) is 40.9. The Morgan fingerprint density at radius 1 is 0.846 bits per heavy atom. The number of methoxy groups -OCH3 is 1. The molecular formula is C45H59Cl2NO4. The Morgan fingerprint density at radius 2 is 1.56 bits per heavy atom. The number of esters is 2. The molecule has 0 radical (unpaired) electrons. The highest BCUT2D eigenvalue weighted by atomic mass is 35.5. The molecule has 0 amide bonds. The molecule has 0 bridgehead atoms. The highest BCUT2D eigenvalue weighted by molar-refractivity contribution is 6.39. The molecule has 7 rings (SSSR count). The maximum absolute atomic E-state index is 14.1. The molecule has 0 heterocycles. The number of carbonyl (C=O) groups is 2. The first-order valence-electron chi connectivity index (χ1n) is 19.8. The van der Waals surface area contributed by atoms with Crippen LogP contribution in [0.1, 0.15) is 112 Å². The molecule has 0 aromatic heterocycles. The van der Waals surface area contributed by atoms with Gasteiger partial charge in [-0.1, -0.05) is 101 Å². The quantitative estimate of drug-likeness (QED) is 0.235. The van der Waals surface area contributed by atoms with E-state index in [0.717, 1.165) is 42.9 Å². The first-order valence-corrected chi connectivity index (χ1v) is 20.6. The Hall–Kier alpha value is -2.50. The van der Waals surface area contributed by atoms with Crippen LogP contribution in [0.15, 0.2) is 54.1 Å². The summed E-state index contributed by atoms with van der Waals surface area (Å²) in [4.78, 5) is 28.0. The van der Waals surface area contributed by atoms with Gasteiger partial charge in [-0.3, -0.25) is 9.59 Å². The molecule has 0 spiro atoms. The second-order valence-corrected chi connectivity index (χ2v) is 19.5. The van der Waals surface area contributed by atoms with Gasteiger partial charge in [0.15, 0.2) is 0 Å². The van der Waals surface area contributed by atoms with Crippen LogP contribution in [0.4, 0.5) is 11.4 Å². The smallest absolute Gasteiger partial charge is 0.315 e. The molecule has 2 aromatic rings. The number of halogens is 2. The highest BCUT2D eigenvalue weighted by Crippen LogP contribution is 2.76. The van der Waals surface area contributed by atoms with Gasteiger partial charge in [-0.15, -0.1) is 0 Å². The number of para-hydroxylation sites is 2. The van der Waals surface area contributed by atoms with Crippen LogP contribution in [-0.4, -0.2) is 25.2 Å². The molecular weight excluding hydrogens is 689 g/mol. The zero-order chi connectivity index (χ0) is 37.4. The number of fused-ring (bicyclic) bond motifs is 7. The third kappa shape index (κ3) is 5.59.